The molecule has 6 heteroatoms. The van der Waals surface area contributed by atoms with E-state index in [9.17, 15) is 9.90 Å². The van der Waals surface area contributed by atoms with Gasteiger partial charge in [0.15, 0.2) is 17.3 Å². The van der Waals surface area contributed by atoms with Crippen molar-refractivity contribution in [3.63, 3.8) is 0 Å². The molecule has 31 heavy (non-hydrogen) atoms. The third-order valence-corrected chi connectivity index (χ3v) is 5.01. The second-order valence-electron chi connectivity index (χ2n) is 6.91. The maximum atomic E-state index is 13.2. The fourth-order valence-corrected chi connectivity index (χ4v) is 3.41. The summed E-state index contributed by atoms with van der Waals surface area (Å²) in [7, 11) is 3.06. The minimum Gasteiger partial charge on any atom is -0.507 e. The zero-order chi connectivity index (χ0) is 21.8. The van der Waals surface area contributed by atoms with Gasteiger partial charge in [-0.3, -0.25) is 4.79 Å². The smallest absolute Gasteiger partial charge is 0.197 e. The number of hydrogen-bond donors (Lipinski definition) is 1. The van der Waals surface area contributed by atoms with E-state index >= 15 is 0 Å². The lowest BCUT2D eigenvalue weighted by Gasteiger charge is -2.20. The molecule has 3 aromatic carbocycles. The molecule has 6 nitrogen and oxygen atoms in total. The van der Waals surface area contributed by atoms with Crippen LogP contribution in [0.1, 0.15) is 21.5 Å². The number of hydrogen-bond acceptors (Lipinski definition) is 6. The molecular weight excluding hydrogens is 396 g/mol. The molecule has 3 aromatic rings. The van der Waals surface area contributed by atoms with Gasteiger partial charge in [-0.1, -0.05) is 30.3 Å². The van der Waals surface area contributed by atoms with Crippen molar-refractivity contribution in [2.75, 3.05) is 20.8 Å². The number of phenolic OH excluding ortho intramolecular Hbond substituents is 1. The van der Waals surface area contributed by atoms with Crippen LogP contribution in [0.25, 0.3) is 5.57 Å². The second-order valence-corrected chi connectivity index (χ2v) is 6.91. The van der Waals surface area contributed by atoms with Gasteiger partial charge in [0.2, 0.25) is 0 Å². The number of Topliss-reactive ketones (excluding diaryl/α,β-unsaturated/α-hetero) is 1. The highest BCUT2D eigenvalue weighted by Gasteiger charge is 2.25. The van der Waals surface area contributed by atoms with Crippen LogP contribution in [-0.2, 0) is 6.61 Å². The zero-order valence-electron chi connectivity index (χ0n) is 17.3. The summed E-state index contributed by atoms with van der Waals surface area (Å²) in [6.45, 7) is 0.605. The summed E-state index contributed by atoms with van der Waals surface area (Å²) in [5, 5.41) is 10.5. The molecule has 0 aromatic heterocycles. The number of ketones is 1. The van der Waals surface area contributed by atoms with Crippen molar-refractivity contribution < 1.29 is 28.8 Å². The summed E-state index contributed by atoms with van der Waals surface area (Å²) in [5.74, 6) is 1.53. The molecule has 0 unspecified atom stereocenters. The number of fused-ring (bicyclic) bond motifs is 1. The first-order valence-electron chi connectivity index (χ1n) is 9.74. The highest BCUT2D eigenvalue weighted by molar-refractivity contribution is 6.30. The van der Waals surface area contributed by atoms with Gasteiger partial charge in [-0.05, 0) is 29.8 Å². The second kappa shape index (κ2) is 8.83. The van der Waals surface area contributed by atoms with Crippen LogP contribution in [0, 0.1) is 0 Å². The van der Waals surface area contributed by atoms with E-state index in [4.69, 9.17) is 18.9 Å². The van der Waals surface area contributed by atoms with E-state index in [0.717, 1.165) is 5.56 Å². The highest BCUT2D eigenvalue weighted by Crippen LogP contribution is 2.41. The molecule has 0 saturated heterocycles. The topological polar surface area (TPSA) is 74.2 Å². The molecule has 1 aliphatic rings. The van der Waals surface area contributed by atoms with Gasteiger partial charge in [0.25, 0.3) is 0 Å². The van der Waals surface area contributed by atoms with Crippen molar-refractivity contribution >= 4 is 11.4 Å². The Kier molecular flexibility index (Phi) is 5.80. The molecule has 0 atom stereocenters. The number of phenols is 1. The Labute approximate surface area is 180 Å². The lowest BCUT2D eigenvalue weighted by molar-refractivity contribution is 0.105. The summed E-state index contributed by atoms with van der Waals surface area (Å²) < 4.78 is 22.0. The number of carbonyl (C=O) groups excluding carboxylic acids is 1. The molecule has 0 aliphatic carbocycles. The lowest BCUT2D eigenvalue weighted by Crippen LogP contribution is -2.12. The van der Waals surface area contributed by atoms with E-state index in [1.807, 2.05) is 30.3 Å². The first kappa shape index (κ1) is 20.3. The van der Waals surface area contributed by atoms with Gasteiger partial charge in [0.05, 0.1) is 19.8 Å². The normalized spacial score (nSPS) is 12.3. The predicted octanol–water partition coefficient (Wildman–Crippen LogP) is 4.65. The van der Waals surface area contributed by atoms with Gasteiger partial charge in [0.1, 0.15) is 30.5 Å². The molecule has 158 valence electrons. The molecule has 0 saturated carbocycles. The summed E-state index contributed by atoms with van der Waals surface area (Å²) in [6.07, 6.45) is 1.69. The number of benzene rings is 3. The van der Waals surface area contributed by atoms with Crippen LogP contribution < -0.4 is 18.9 Å². The largest absolute Gasteiger partial charge is 0.507 e. The number of aromatic hydroxyl groups is 1. The minimum absolute atomic E-state index is 0.148. The SMILES string of the molecule is COc1cc2c(cc1OC)C(C(=O)c1ccc(OCc3ccccc3)cc1O)=CCO2. The molecule has 1 heterocycles. The summed E-state index contributed by atoms with van der Waals surface area (Å²) >= 11 is 0. The fourth-order valence-electron chi connectivity index (χ4n) is 3.41. The van der Waals surface area contributed by atoms with Gasteiger partial charge < -0.3 is 24.1 Å². The van der Waals surface area contributed by atoms with E-state index in [-0.39, 0.29) is 23.7 Å². The van der Waals surface area contributed by atoms with Crippen LogP contribution in [0.4, 0.5) is 0 Å². The fraction of sp³-hybridized carbons (Fsp3) is 0.160. The Bertz CT molecular complexity index is 1130. The molecule has 0 radical (unpaired) electrons. The standard InChI is InChI=1S/C25H22O6/c1-28-23-13-20-18(10-11-30-22(20)14-24(23)29-2)25(27)19-9-8-17(12-21(19)26)31-15-16-6-4-3-5-7-16/h3-10,12-14,26H,11,15H2,1-2H3. The van der Waals surface area contributed by atoms with Gasteiger partial charge in [0, 0.05) is 23.3 Å². The first-order valence-corrected chi connectivity index (χ1v) is 9.74. The highest BCUT2D eigenvalue weighted by atomic mass is 16.5. The van der Waals surface area contributed by atoms with E-state index in [2.05, 4.69) is 0 Å². The van der Waals surface area contributed by atoms with Gasteiger partial charge >= 0.3 is 0 Å². The van der Waals surface area contributed by atoms with Crippen LogP contribution in [0.3, 0.4) is 0 Å². The third kappa shape index (κ3) is 4.19. The average molecular weight is 418 g/mol. The van der Waals surface area contributed by atoms with Crippen LogP contribution >= 0.6 is 0 Å². The molecular formula is C25H22O6. The molecule has 4 rings (SSSR count). The summed E-state index contributed by atoms with van der Waals surface area (Å²) in [4.78, 5) is 13.2. The van der Waals surface area contributed by atoms with Crippen molar-refractivity contribution in [1.29, 1.82) is 0 Å². The van der Waals surface area contributed by atoms with Crippen LogP contribution in [0.2, 0.25) is 0 Å². The van der Waals surface area contributed by atoms with Gasteiger partial charge in [-0.2, -0.15) is 0 Å². The number of carbonyl (C=O) groups is 1. The van der Waals surface area contributed by atoms with Crippen molar-refractivity contribution in [3.8, 4) is 28.7 Å². The summed E-state index contributed by atoms with van der Waals surface area (Å²) in [5.41, 5.74) is 2.20. The van der Waals surface area contributed by atoms with E-state index in [1.54, 1.807) is 30.3 Å². The summed E-state index contributed by atoms with van der Waals surface area (Å²) in [6, 6.07) is 17.8. The molecule has 1 N–H and O–H groups in total. The van der Waals surface area contributed by atoms with Crippen LogP contribution in [-0.4, -0.2) is 31.7 Å². The van der Waals surface area contributed by atoms with Crippen molar-refractivity contribution in [3.05, 3.63) is 83.4 Å². The maximum Gasteiger partial charge on any atom is 0.197 e. The van der Waals surface area contributed by atoms with Crippen molar-refractivity contribution in [1.82, 2.24) is 0 Å². The van der Waals surface area contributed by atoms with E-state index < -0.39 is 0 Å². The molecule has 0 bridgehead atoms. The van der Waals surface area contributed by atoms with Crippen LogP contribution in [0.15, 0.2) is 66.7 Å². The number of methoxy groups -OCH3 is 2. The zero-order valence-corrected chi connectivity index (χ0v) is 17.3. The Morgan fingerprint density at radius 1 is 1.00 bits per heavy atom. The molecule has 0 spiro atoms. The number of allylic oxidation sites excluding steroid dienone is 1. The molecule has 0 fully saturated rings. The minimum atomic E-state index is -0.316. The Morgan fingerprint density at radius 2 is 1.74 bits per heavy atom. The van der Waals surface area contributed by atoms with E-state index in [0.29, 0.717) is 40.7 Å². The Hall–Kier alpha value is -3.93. The van der Waals surface area contributed by atoms with E-state index in [1.165, 1.54) is 20.3 Å². The Balaban J connectivity index is 1.58. The number of ether oxygens (including phenoxy) is 4. The predicted molar refractivity (Wildman–Crippen MR) is 116 cm³/mol. The first-order chi connectivity index (χ1) is 15.1. The molecule has 1 aliphatic heterocycles. The lowest BCUT2D eigenvalue weighted by atomic mass is 9.93. The van der Waals surface area contributed by atoms with Crippen molar-refractivity contribution in [2.45, 2.75) is 6.61 Å². The number of rotatable bonds is 7. The van der Waals surface area contributed by atoms with Crippen LogP contribution in [0.5, 0.6) is 28.7 Å². The monoisotopic (exact) mass is 418 g/mol. The van der Waals surface area contributed by atoms with Crippen molar-refractivity contribution in [2.24, 2.45) is 0 Å². The molecule has 0 amide bonds. The van der Waals surface area contributed by atoms with Gasteiger partial charge in [-0.15, -0.1) is 0 Å². The maximum absolute atomic E-state index is 13.2. The Morgan fingerprint density at radius 3 is 2.45 bits per heavy atom. The average Bonchev–Trinajstić information content (AvgIpc) is 2.81. The van der Waals surface area contributed by atoms with Gasteiger partial charge in [-0.25, -0.2) is 0 Å². The quantitative estimate of drug-likeness (QED) is 0.563. The third-order valence-electron chi connectivity index (χ3n) is 5.01.